The van der Waals surface area contributed by atoms with Crippen LogP contribution in [0.25, 0.3) is 0 Å². The van der Waals surface area contributed by atoms with Gasteiger partial charge in [0.2, 0.25) is 17.3 Å². The van der Waals surface area contributed by atoms with Gasteiger partial charge in [0.05, 0.1) is 36.0 Å². The van der Waals surface area contributed by atoms with Crippen molar-refractivity contribution in [3.8, 4) is 0 Å². The highest BCUT2D eigenvalue weighted by molar-refractivity contribution is 7.88. The molecule has 4 rings (SSSR count). The molecule has 43 heavy (non-hydrogen) atoms. The average Bonchev–Trinajstić information content (AvgIpc) is 3.15. The third kappa shape index (κ3) is 7.58. The fourth-order valence-electron chi connectivity index (χ4n) is 5.39. The number of nitrogens with one attached hydrogen (secondary N) is 1. The molecule has 2 aromatic carbocycles. The van der Waals surface area contributed by atoms with Crippen LogP contribution in [0.3, 0.4) is 0 Å². The highest BCUT2D eigenvalue weighted by atomic mass is 32.2. The van der Waals surface area contributed by atoms with E-state index < -0.39 is 34.5 Å². The number of rotatable bonds is 11. The molecule has 12 heteroatoms. The molecular formula is C31H43N4O6PS. The molecule has 0 bridgehead atoms. The number of anilines is 1. The number of aliphatic hydroxyl groups excluding tert-OH is 1. The number of carbonyl (C=O) groups excluding carboxylic acids is 1. The van der Waals surface area contributed by atoms with Crippen molar-refractivity contribution in [2.45, 2.75) is 66.4 Å². The van der Waals surface area contributed by atoms with E-state index in [-0.39, 0.29) is 41.3 Å². The third-order valence-corrected chi connectivity index (χ3v) is 11.1. The minimum Gasteiger partial charge on any atom is -0.509 e. The average molecular weight is 631 g/mol. The molecule has 2 heterocycles. The summed E-state index contributed by atoms with van der Waals surface area (Å²) in [5.41, 5.74) is 1.05. The number of primary sulfonamides is 1. The van der Waals surface area contributed by atoms with Crippen LogP contribution in [0, 0.1) is 10.8 Å². The van der Waals surface area contributed by atoms with Crippen molar-refractivity contribution in [3.05, 3.63) is 71.0 Å². The van der Waals surface area contributed by atoms with Crippen molar-refractivity contribution < 1.29 is 27.6 Å². The monoisotopic (exact) mass is 630 g/mol. The molecule has 1 amide bonds. The first-order valence-corrected chi connectivity index (χ1v) is 18.0. The Kier molecular flexibility index (Phi) is 9.33. The number of hydrogen-bond donors (Lipinski definition) is 3. The van der Waals surface area contributed by atoms with Gasteiger partial charge in [0, 0.05) is 12.7 Å². The summed E-state index contributed by atoms with van der Waals surface area (Å²) in [6, 6.07) is 13.7. The summed E-state index contributed by atoms with van der Waals surface area (Å²) < 4.78 is 48.8. The topological polar surface area (TPSA) is 151 Å². The van der Waals surface area contributed by atoms with E-state index in [0.29, 0.717) is 29.7 Å². The van der Waals surface area contributed by atoms with Gasteiger partial charge in [-0.25, -0.2) is 18.3 Å². The van der Waals surface area contributed by atoms with Crippen molar-refractivity contribution >= 4 is 40.1 Å². The Hall–Kier alpha value is -2.98. The van der Waals surface area contributed by atoms with E-state index >= 15 is 0 Å². The number of fused-ring (bicyclic) bond motifs is 1. The summed E-state index contributed by atoms with van der Waals surface area (Å²) in [5, 5.41) is 20.3. The van der Waals surface area contributed by atoms with E-state index in [1.807, 2.05) is 51.1 Å². The number of amides is 1. The maximum atomic E-state index is 14.7. The molecule has 0 radical (unpaired) electrons. The summed E-state index contributed by atoms with van der Waals surface area (Å²) in [5.74, 6) is -0.892. The molecule has 2 aromatic rings. The number of ether oxygens (including phenoxy) is 1. The van der Waals surface area contributed by atoms with E-state index in [2.05, 4.69) is 30.9 Å². The number of carbonyl (C=O) groups is 1. The molecule has 1 unspecified atom stereocenters. The Bertz CT molecular complexity index is 1600. The number of nitrogens with zero attached hydrogens (tertiary/aromatic N) is 2. The number of sulfonamides is 1. The van der Waals surface area contributed by atoms with Crippen LogP contribution in [-0.4, -0.2) is 55.5 Å². The number of aliphatic hydroxyl groups is 1. The van der Waals surface area contributed by atoms with Gasteiger partial charge in [0.15, 0.2) is 0 Å². The second-order valence-corrected chi connectivity index (χ2v) is 17.3. The molecule has 0 aromatic heterocycles. The molecule has 10 nitrogen and oxygen atoms in total. The molecule has 234 valence electrons. The largest absolute Gasteiger partial charge is 0.509 e. The van der Waals surface area contributed by atoms with E-state index in [1.54, 1.807) is 17.0 Å². The normalized spacial score (nSPS) is 21.1. The predicted molar refractivity (Wildman–Crippen MR) is 171 cm³/mol. The first kappa shape index (κ1) is 32.9. The van der Waals surface area contributed by atoms with Crippen LogP contribution in [0.4, 0.5) is 5.69 Å². The first-order valence-electron chi connectivity index (χ1n) is 14.4. The lowest BCUT2D eigenvalue weighted by Gasteiger charge is -2.39. The molecule has 0 saturated heterocycles. The van der Waals surface area contributed by atoms with Gasteiger partial charge < -0.3 is 20.1 Å². The summed E-state index contributed by atoms with van der Waals surface area (Å²) >= 11 is 0. The molecular weight excluding hydrogens is 587 g/mol. The highest BCUT2D eigenvalue weighted by Crippen LogP contribution is 2.52. The minimum atomic E-state index is -3.84. The molecule has 0 aliphatic carbocycles. The van der Waals surface area contributed by atoms with Gasteiger partial charge in [0.1, 0.15) is 17.2 Å². The second-order valence-electron chi connectivity index (χ2n) is 13.2. The number of hydrogen-bond acceptors (Lipinski definition) is 7. The van der Waals surface area contributed by atoms with Gasteiger partial charge in [-0.05, 0) is 40.5 Å². The van der Waals surface area contributed by atoms with Gasteiger partial charge >= 0.3 is 0 Å². The van der Waals surface area contributed by atoms with E-state index in [4.69, 9.17) is 9.88 Å². The minimum absolute atomic E-state index is 0.00322. The van der Waals surface area contributed by atoms with Gasteiger partial charge in [-0.3, -0.25) is 9.36 Å². The lowest BCUT2D eigenvalue weighted by Crippen LogP contribution is -2.48. The smallest absolute Gasteiger partial charge is 0.261 e. The third-order valence-electron chi connectivity index (χ3n) is 7.89. The Morgan fingerprint density at radius 2 is 1.77 bits per heavy atom. The zero-order chi connectivity index (χ0) is 31.8. The summed E-state index contributed by atoms with van der Waals surface area (Å²) in [6.07, 6.45) is 0.837. The van der Waals surface area contributed by atoms with Crippen LogP contribution >= 0.6 is 7.29 Å². The Morgan fingerprint density at radius 3 is 2.37 bits per heavy atom. The van der Waals surface area contributed by atoms with Gasteiger partial charge in [-0.1, -0.05) is 77.9 Å². The number of benzene rings is 2. The Morgan fingerprint density at radius 1 is 1.09 bits per heavy atom. The summed E-state index contributed by atoms with van der Waals surface area (Å²) in [7, 11) is -7.49. The molecule has 4 N–H and O–H groups in total. The highest BCUT2D eigenvalue weighted by Gasteiger charge is 2.49. The van der Waals surface area contributed by atoms with Crippen molar-refractivity contribution in [1.29, 1.82) is 0 Å². The van der Waals surface area contributed by atoms with Crippen LogP contribution < -0.4 is 15.8 Å². The van der Waals surface area contributed by atoms with E-state index in [0.717, 1.165) is 12.0 Å². The SMILES string of the molecule is CCC(C)(C)CN1C(=O)C(C2=NP(=O)(CCOCc3ccccc3)c3cc(CS(N)(=O)=O)ccc3N2)=C(O)[C@@H]1C(C)(C)C. The summed E-state index contributed by atoms with van der Waals surface area (Å²) in [4.78, 5) is 15.7. The van der Waals surface area contributed by atoms with Crippen LogP contribution in [-0.2, 0) is 36.5 Å². The summed E-state index contributed by atoms with van der Waals surface area (Å²) in [6.45, 7) is 12.9. The maximum absolute atomic E-state index is 14.7. The fourth-order valence-corrected chi connectivity index (χ4v) is 8.21. The van der Waals surface area contributed by atoms with Crippen LogP contribution in [0.15, 0.2) is 64.6 Å². The van der Waals surface area contributed by atoms with E-state index in [1.165, 1.54) is 6.07 Å². The van der Waals surface area contributed by atoms with Gasteiger partial charge in [0.25, 0.3) is 5.91 Å². The zero-order valence-corrected chi connectivity index (χ0v) is 27.5. The maximum Gasteiger partial charge on any atom is 0.261 e. The van der Waals surface area contributed by atoms with E-state index in [9.17, 15) is 22.9 Å². The number of amidine groups is 1. The van der Waals surface area contributed by atoms with Gasteiger partial charge in [-0.15, -0.1) is 0 Å². The van der Waals surface area contributed by atoms with Crippen LogP contribution in [0.2, 0.25) is 0 Å². The predicted octanol–water partition coefficient (Wildman–Crippen LogP) is 4.92. The fraction of sp³-hybridized carbons (Fsp3) is 0.484. The molecule has 0 saturated carbocycles. The van der Waals surface area contributed by atoms with Crippen molar-refractivity contribution in [1.82, 2.24) is 4.90 Å². The van der Waals surface area contributed by atoms with Crippen molar-refractivity contribution in [2.75, 3.05) is 24.6 Å². The van der Waals surface area contributed by atoms with Gasteiger partial charge in [-0.2, -0.15) is 0 Å². The van der Waals surface area contributed by atoms with Crippen molar-refractivity contribution in [3.63, 3.8) is 0 Å². The zero-order valence-electron chi connectivity index (χ0n) is 25.8. The molecule has 2 atom stereocenters. The van der Waals surface area contributed by atoms with Crippen molar-refractivity contribution in [2.24, 2.45) is 20.7 Å². The molecule has 0 fully saturated rings. The van der Waals surface area contributed by atoms with Crippen LogP contribution in [0.5, 0.6) is 0 Å². The Labute approximate surface area is 254 Å². The molecule has 2 aliphatic rings. The lowest BCUT2D eigenvalue weighted by atomic mass is 9.83. The quantitative estimate of drug-likeness (QED) is 0.235. The number of nitrogens with two attached hydrogens (primary N) is 1. The standard InChI is InChI=1S/C31H43N4O6PS/c1-7-31(5,6)20-35-27(30(2,3)4)26(36)25(29(35)37)28-33-23-14-13-22(19-43(32,39)40)17-24(23)42(38,34-28)16-15-41-18-21-11-9-8-10-12-21/h8-14,17,27,36H,7,15-16,18-20H2,1-6H3,(H2,32,39,40)(H,33,34,38)/t27-,42?/m1/s1. The molecule has 0 spiro atoms. The van der Waals surface area contributed by atoms with Crippen LogP contribution in [0.1, 0.15) is 59.1 Å². The second kappa shape index (κ2) is 12.2. The molecule has 2 aliphatic heterocycles. The first-order chi connectivity index (χ1) is 19.9. The Balaban J connectivity index is 1.74. The lowest BCUT2D eigenvalue weighted by molar-refractivity contribution is -0.130.